The van der Waals surface area contributed by atoms with Crippen LogP contribution < -0.4 is 10.1 Å². The van der Waals surface area contributed by atoms with Crippen LogP contribution >= 0.6 is 19.9 Å². The van der Waals surface area contributed by atoms with Gasteiger partial charge in [-0.25, -0.2) is 0 Å². The molecule has 0 aliphatic carbocycles. The van der Waals surface area contributed by atoms with Crippen LogP contribution in [-0.2, 0) is 19.8 Å². The third-order valence-electron chi connectivity index (χ3n) is 3.54. The van der Waals surface area contributed by atoms with E-state index in [9.17, 15) is 27.9 Å². The first-order chi connectivity index (χ1) is 15.0. The van der Waals surface area contributed by atoms with Crippen molar-refractivity contribution in [3.8, 4) is 11.5 Å². The fraction of sp³-hybridized carbons (Fsp3) is 0.368. The number of hydrogen-bond acceptors (Lipinski definition) is 7. The predicted molar refractivity (Wildman–Crippen MR) is 116 cm³/mol. The average molecular weight is 499 g/mol. The zero-order valence-electron chi connectivity index (χ0n) is 17.5. The summed E-state index contributed by atoms with van der Waals surface area (Å²) in [6, 6.07) is 6.67. The third-order valence-corrected chi connectivity index (χ3v) is 4.89. The topological polar surface area (TPSA) is 99.9 Å². The number of nitrogens with zero attached hydrogens (tertiary/aromatic N) is 1. The maximum absolute atomic E-state index is 12.6. The molecule has 178 valence electrons. The minimum Gasteiger partial charge on any atom is -0.456 e. The van der Waals surface area contributed by atoms with Gasteiger partial charge in [0.15, 0.2) is 0 Å². The van der Waals surface area contributed by atoms with Crippen LogP contribution in [0.1, 0.15) is 26.3 Å². The van der Waals surface area contributed by atoms with E-state index in [-0.39, 0.29) is 27.9 Å². The van der Waals surface area contributed by atoms with Crippen LogP contribution in [0, 0.1) is 10.1 Å². The highest BCUT2D eigenvalue weighted by Gasteiger charge is 2.31. The van der Waals surface area contributed by atoms with Gasteiger partial charge in [0.1, 0.15) is 17.2 Å². The fourth-order valence-corrected chi connectivity index (χ4v) is 3.01. The average Bonchev–Trinajstić information content (AvgIpc) is 2.70. The summed E-state index contributed by atoms with van der Waals surface area (Å²) in [5.41, 5.74) is -0.789. The molecule has 0 heterocycles. The molecule has 0 saturated carbocycles. The Hall–Kier alpha value is -2.33. The third kappa shape index (κ3) is 9.04. The van der Waals surface area contributed by atoms with Gasteiger partial charge in [0, 0.05) is 18.7 Å². The second-order valence-electron chi connectivity index (χ2n) is 5.83. The number of hydrogen-bond donors (Lipinski definition) is 1. The Morgan fingerprint density at radius 3 is 2.19 bits per heavy atom. The number of ether oxygens (including phenoxy) is 1. The van der Waals surface area contributed by atoms with E-state index < -0.39 is 24.9 Å². The Labute approximate surface area is 188 Å². The van der Waals surface area contributed by atoms with Crippen molar-refractivity contribution < 1.29 is 36.4 Å². The Morgan fingerprint density at radius 1 is 1.09 bits per heavy atom. The van der Waals surface area contributed by atoms with E-state index in [1.165, 1.54) is 18.2 Å². The molecule has 0 aromatic heterocycles. The van der Waals surface area contributed by atoms with Crippen molar-refractivity contribution >= 4 is 31.2 Å². The molecule has 0 bridgehead atoms. The number of nitro groups is 1. The first kappa shape index (κ1) is 27.7. The Morgan fingerprint density at radius 2 is 1.72 bits per heavy atom. The zero-order chi connectivity index (χ0) is 24.3. The summed E-state index contributed by atoms with van der Waals surface area (Å²) in [5, 5.41) is 13.6. The monoisotopic (exact) mass is 498 g/mol. The summed E-state index contributed by atoms with van der Waals surface area (Å²) in [4.78, 5) is 10.4. The van der Waals surface area contributed by atoms with Gasteiger partial charge >= 0.3 is 14.4 Å². The molecule has 1 N–H and O–H groups in total. The van der Waals surface area contributed by atoms with Gasteiger partial charge in [-0.15, -0.1) is 0 Å². The molecule has 2 aromatic carbocycles. The number of alkyl halides is 3. The van der Waals surface area contributed by atoms with Crippen molar-refractivity contribution in [1.82, 2.24) is 0 Å². The van der Waals surface area contributed by atoms with Gasteiger partial charge in [0.2, 0.25) is 0 Å². The molecule has 2 aromatic rings. The maximum Gasteiger partial charge on any atom is 0.416 e. The zero-order valence-corrected chi connectivity index (χ0v) is 19.2. The van der Waals surface area contributed by atoms with Gasteiger partial charge < -0.3 is 19.1 Å². The van der Waals surface area contributed by atoms with Gasteiger partial charge in [0.25, 0.3) is 5.69 Å². The summed E-state index contributed by atoms with van der Waals surface area (Å²) >= 11 is 5.82. The highest BCUT2D eigenvalue weighted by Crippen LogP contribution is 2.37. The molecule has 8 nitrogen and oxygen atoms in total. The molecule has 0 unspecified atom stereocenters. The maximum atomic E-state index is 12.6. The lowest BCUT2D eigenvalue weighted by Gasteiger charge is -2.12. The lowest BCUT2D eigenvalue weighted by atomic mass is 10.2. The first-order valence-corrected chi connectivity index (χ1v) is 11.0. The van der Waals surface area contributed by atoms with E-state index in [1.807, 2.05) is 0 Å². The SMILES string of the molecule is CCNc1cc(Oc2ccc(C(F)(F)F)cc2Cl)ccc1[N+](=O)[O-].CCO[PH](=O)OCC. The molecule has 0 aliphatic heterocycles. The molecule has 0 saturated heterocycles. The quantitative estimate of drug-likeness (QED) is 0.227. The normalized spacial score (nSPS) is 11.0. The fourth-order valence-electron chi connectivity index (χ4n) is 2.23. The lowest BCUT2D eigenvalue weighted by Crippen LogP contribution is -2.04. The van der Waals surface area contributed by atoms with E-state index in [0.717, 1.165) is 18.2 Å². The molecule has 0 atom stereocenters. The van der Waals surface area contributed by atoms with Crippen LogP contribution in [0.4, 0.5) is 24.5 Å². The number of anilines is 1. The number of halogens is 4. The summed E-state index contributed by atoms with van der Waals surface area (Å²) in [5.74, 6) is 0.221. The molecule has 0 fully saturated rings. The Balaban J connectivity index is 0.000000547. The van der Waals surface area contributed by atoms with E-state index in [4.69, 9.17) is 16.3 Å². The van der Waals surface area contributed by atoms with Crippen LogP contribution in [0.5, 0.6) is 11.5 Å². The van der Waals surface area contributed by atoms with Gasteiger partial charge in [-0.1, -0.05) is 11.6 Å². The molecule has 0 spiro atoms. The Bertz CT molecular complexity index is 922. The largest absolute Gasteiger partial charge is 0.456 e. The smallest absolute Gasteiger partial charge is 0.416 e. The molecule has 0 amide bonds. The molecule has 2 rings (SSSR count). The van der Waals surface area contributed by atoms with E-state index in [0.29, 0.717) is 19.8 Å². The van der Waals surface area contributed by atoms with Crippen molar-refractivity contribution in [3.05, 3.63) is 57.1 Å². The second kappa shape index (κ2) is 13.3. The molecular weight excluding hydrogens is 476 g/mol. The standard InChI is InChI=1S/C15H12ClF3N2O3.C4H11O3P/c1-2-20-12-8-10(4-5-13(12)21(22)23)24-14-6-3-9(7-11(14)16)15(17,18)19;1-3-6-8(5)7-4-2/h3-8,20H,2H2,1H3;8H,3-4H2,1-2H3. The van der Waals surface area contributed by atoms with Crippen LogP contribution in [0.3, 0.4) is 0 Å². The minimum absolute atomic E-state index is 0.0148. The van der Waals surface area contributed by atoms with Crippen LogP contribution in [0.15, 0.2) is 36.4 Å². The highest BCUT2D eigenvalue weighted by molar-refractivity contribution is 7.33. The van der Waals surface area contributed by atoms with Crippen LogP contribution in [0.25, 0.3) is 0 Å². The van der Waals surface area contributed by atoms with Crippen LogP contribution in [-0.4, -0.2) is 24.7 Å². The van der Waals surface area contributed by atoms with Crippen molar-refractivity contribution in [3.63, 3.8) is 0 Å². The minimum atomic E-state index is -4.51. The number of nitrogens with one attached hydrogen (secondary N) is 1. The molecule has 13 heteroatoms. The molecule has 0 radical (unpaired) electrons. The lowest BCUT2D eigenvalue weighted by molar-refractivity contribution is -0.384. The van der Waals surface area contributed by atoms with E-state index >= 15 is 0 Å². The summed E-state index contributed by atoms with van der Waals surface area (Å²) in [6.07, 6.45) is -4.51. The summed E-state index contributed by atoms with van der Waals surface area (Å²) < 4.78 is 62.9. The van der Waals surface area contributed by atoms with Crippen molar-refractivity contribution in [1.29, 1.82) is 0 Å². The van der Waals surface area contributed by atoms with Gasteiger partial charge in [0.05, 0.1) is 28.7 Å². The van der Waals surface area contributed by atoms with Crippen LogP contribution in [0.2, 0.25) is 5.02 Å². The highest BCUT2D eigenvalue weighted by atomic mass is 35.5. The van der Waals surface area contributed by atoms with Crippen molar-refractivity contribution in [2.75, 3.05) is 25.1 Å². The number of rotatable bonds is 9. The van der Waals surface area contributed by atoms with E-state index in [2.05, 4.69) is 14.4 Å². The summed E-state index contributed by atoms with van der Waals surface area (Å²) in [6.45, 7) is 6.69. The van der Waals surface area contributed by atoms with Gasteiger partial charge in [-0.05, 0) is 45.0 Å². The molecular formula is C19H23ClF3N2O6P. The van der Waals surface area contributed by atoms with Gasteiger partial charge in [-0.2, -0.15) is 13.2 Å². The van der Waals surface area contributed by atoms with Crippen molar-refractivity contribution in [2.24, 2.45) is 0 Å². The second-order valence-corrected chi connectivity index (χ2v) is 7.31. The first-order valence-electron chi connectivity index (χ1n) is 9.39. The molecule has 32 heavy (non-hydrogen) atoms. The number of nitro benzene ring substituents is 1. The van der Waals surface area contributed by atoms with Crippen molar-refractivity contribution in [2.45, 2.75) is 26.9 Å². The summed E-state index contributed by atoms with van der Waals surface area (Å²) in [7, 11) is -2.14. The Kier molecular flexibility index (Phi) is 11.5. The molecule has 0 aliphatic rings. The number of benzene rings is 2. The van der Waals surface area contributed by atoms with E-state index in [1.54, 1.807) is 20.8 Å². The predicted octanol–water partition coefficient (Wildman–Crippen LogP) is 6.94. The van der Waals surface area contributed by atoms with Gasteiger partial charge in [-0.3, -0.25) is 14.7 Å².